The second-order valence-electron chi connectivity index (χ2n) is 3.28. The molecule has 0 saturated carbocycles. The summed E-state index contributed by atoms with van der Waals surface area (Å²) in [5.41, 5.74) is 7.28. The van der Waals surface area contributed by atoms with Crippen LogP contribution in [0.5, 0.6) is 0 Å². The molecule has 80 valence electrons. The second kappa shape index (κ2) is 5.52. The molecule has 1 aromatic carbocycles. The van der Waals surface area contributed by atoms with E-state index in [-0.39, 0.29) is 0 Å². The van der Waals surface area contributed by atoms with Crippen molar-refractivity contribution < 1.29 is 4.21 Å². The first-order chi connectivity index (χ1) is 7.16. The van der Waals surface area contributed by atoms with Gasteiger partial charge in [-0.3, -0.25) is 4.21 Å². The van der Waals surface area contributed by atoms with Crippen molar-refractivity contribution in [3.05, 3.63) is 23.8 Å². The summed E-state index contributed by atoms with van der Waals surface area (Å²) in [7, 11) is -1.04. The highest BCUT2D eigenvalue weighted by atomic mass is 32.2. The van der Waals surface area contributed by atoms with Crippen LogP contribution in [0.3, 0.4) is 0 Å². The average molecular weight is 222 g/mol. The number of benzene rings is 1. The minimum absolute atomic E-state index is 0.451. The summed E-state index contributed by atoms with van der Waals surface area (Å²) in [4.78, 5) is 0.785. The number of nitrogens with two attached hydrogens (primary N) is 1. The van der Waals surface area contributed by atoms with Crippen molar-refractivity contribution in [2.75, 3.05) is 11.5 Å². The lowest BCUT2D eigenvalue weighted by Crippen LogP contribution is -2.02. The maximum atomic E-state index is 11.8. The first-order valence-electron chi connectivity index (χ1n) is 4.77. The molecule has 3 nitrogen and oxygen atoms in total. The van der Waals surface area contributed by atoms with Gasteiger partial charge in [-0.25, -0.2) is 0 Å². The summed E-state index contributed by atoms with van der Waals surface area (Å²) < 4.78 is 11.8. The van der Waals surface area contributed by atoms with Crippen LogP contribution in [-0.2, 0) is 10.8 Å². The zero-order chi connectivity index (χ0) is 11.3. The fraction of sp³-hybridized carbons (Fsp3) is 0.364. The quantitative estimate of drug-likeness (QED) is 0.625. The summed E-state index contributed by atoms with van der Waals surface area (Å²) in [5, 5.41) is 8.38. The third kappa shape index (κ3) is 3.07. The van der Waals surface area contributed by atoms with Crippen molar-refractivity contribution in [1.82, 2.24) is 0 Å². The zero-order valence-corrected chi connectivity index (χ0v) is 9.51. The number of hydrogen-bond donors (Lipinski definition) is 1. The van der Waals surface area contributed by atoms with E-state index in [1.165, 1.54) is 0 Å². The third-order valence-electron chi connectivity index (χ3n) is 2.19. The minimum Gasteiger partial charge on any atom is -0.398 e. The van der Waals surface area contributed by atoms with Crippen LogP contribution in [0.2, 0.25) is 0 Å². The molecule has 0 aromatic heterocycles. The summed E-state index contributed by atoms with van der Waals surface area (Å²) >= 11 is 0. The van der Waals surface area contributed by atoms with Crippen LogP contribution in [0.15, 0.2) is 23.1 Å². The van der Waals surface area contributed by atoms with Crippen molar-refractivity contribution in [2.24, 2.45) is 0 Å². The van der Waals surface area contributed by atoms with Gasteiger partial charge >= 0.3 is 0 Å². The predicted octanol–water partition coefficient (Wildman–Crippen LogP) is 1.99. The maximum absolute atomic E-state index is 11.8. The Kier molecular flexibility index (Phi) is 4.32. The lowest BCUT2D eigenvalue weighted by atomic mass is 10.2. The predicted molar refractivity (Wildman–Crippen MR) is 61.7 cm³/mol. The molecule has 1 rings (SSSR count). The monoisotopic (exact) mass is 222 g/mol. The van der Waals surface area contributed by atoms with Crippen LogP contribution in [0.4, 0.5) is 5.69 Å². The summed E-state index contributed by atoms with van der Waals surface area (Å²) in [5.74, 6) is 0.526. The molecule has 0 aliphatic rings. The fourth-order valence-corrected chi connectivity index (χ4v) is 2.59. The Hall–Kier alpha value is -1.34. The lowest BCUT2D eigenvalue weighted by molar-refractivity contribution is 0.680. The van der Waals surface area contributed by atoms with Gasteiger partial charge in [-0.2, -0.15) is 5.26 Å². The van der Waals surface area contributed by atoms with Gasteiger partial charge in [-0.05, 0) is 31.0 Å². The standard InChI is InChI=1S/C11H14N2OS/c1-9-10(13)5-4-6-11(9)15(14)8-3-2-7-12/h4-6H,2-3,8,13H2,1H3. The number of rotatable bonds is 4. The Bertz CT molecular complexity index is 410. The maximum Gasteiger partial charge on any atom is 0.0622 e. The largest absolute Gasteiger partial charge is 0.398 e. The Balaban J connectivity index is 2.75. The molecule has 0 aliphatic carbocycles. The summed E-state index contributed by atoms with van der Waals surface area (Å²) in [6.07, 6.45) is 1.12. The molecular weight excluding hydrogens is 208 g/mol. The molecule has 0 saturated heterocycles. The molecule has 0 bridgehead atoms. The molecule has 4 heteroatoms. The van der Waals surface area contributed by atoms with E-state index in [1.807, 2.05) is 19.1 Å². The van der Waals surface area contributed by atoms with E-state index in [0.717, 1.165) is 10.5 Å². The van der Waals surface area contributed by atoms with Crippen LogP contribution < -0.4 is 5.73 Å². The number of hydrogen-bond acceptors (Lipinski definition) is 3. The van der Waals surface area contributed by atoms with Gasteiger partial charge in [0.15, 0.2) is 0 Å². The van der Waals surface area contributed by atoms with Gasteiger partial charge in [0.2, 0.25) is 0 Å². The van der Waals surface area contributed by atoms with Gasteiger partial charge in [-0.15, -0.1) is 0 Å². The molecule has 15 heavy (non-hydrogen) atoms. The number of nitrogen functional groups attached to an aromatic ring is 1. The lowest BCUT2D eigenvalue weighted by Gasteiger charge is -2.07. The van der Waals surface area contributed by atoms with E-state index in [0.29, 0.717) is 24.3 Å². The zero-order valence-electron chi connectivity index (χ0n) is 8.69. The van der Waals surface area contributed by atoms with Crippen LogP contribution in [0.1, 0.15) is 18.4 Å². The van der Waals surface area contributed by atoms with Crippen molar-refractivity contribution in [3.63, 3.8) is 0 Å². The van der Waals surface area contributed by atoms with E-state index in [2.05, 4.69) is 0 Å². The molecule has 0 spiro atoms. The number of anilines is 1. The van der Waals surface area contributed by atoms with E-state index in [9.17, 15) is 4.21 Å². The van der Waals surface area contributed by atoms with Gasteiger partial charge in [-0.1, -0.05) is 6.07 Å². The first kappa shape index (κ1) is 11.7. The topological polar surface area (TPSA) is 66.9 Å². The Morgan fingerprint density at radius 2 is 2.27 bits per heavy atom. The number of nitriles is 1. The number of unbranched alkanes of at least 4 members (excludes halogenated alkanes) is 1. The van der Waals surface area contributed by atoms with Gasteiger partial charge in [0, 0.05) is 22.8 Å². The first-order valence-corrected chi connectivity index (χ1v) is 6.09. The molecule has 2 N–H and O–H groups in total. The summed E-state index contributed by atoms with van der Waals surface area (Å²) in [6, 6.07) is 7.47. The van der Waals surface area contributed by atoms with Crippen LogP contribution in [-0.4, -0.2) is 9.96 Å². The molecule has 1 aromatic rings. The minimum atomic E-state index is -1.04. The van der Waals surface area contributed by atoms with Crippen LogP contribution >= 0.6 is 0 Å². The van der Waals surface area contributed by atoms with E-state index >= 15 is 0 Å². The second-order valence-corrected chi connectivity index (χ2v) is 4.82. The molecule has 0 amide bonds. The van der Waals surface area contributed by atoms with Crippen molar-refractivity contribution in [2.45, 2.75) is 24.7 Å². The molecule has 0 heterocycles. The molecule has 1 atom stereocenters. The number of nitrogens with zero attached hydrogens (tertiary/aromatic N) is 1. The molecule has 0 aliphatic heterocycles. The molecular formula is C11H14N2OS. The third-order valence-corrected chi connectivity index (χ3v) is 3.78. The van der Waals surface area contributed by atoms with Gasteiger partial charge in [0.05, 0.1) is 16.9 Å². The van der Waals surface area contributed by atoms with Gasteiger partial charge < -0.3 is 5.73 Å². The Morgan fingerprint density at radius 1 is 1.53 bits per heavy atom. The SMILES string of the molecule is Cc1c(N)cccc1S(=O)CCCC#N. The van der Waals surface area contributed by atoms with Crippen LogP contribution in [0, 0.1) is 18.3 Å². The highest BCUT2D eigenvalue weighted by molar-refractivity contribution is 7.85. The summed E-state index contributed by atoms with van der Waals surface area (Å²) in [6.45, 7) is 1.87. The van der Waals surface area contributed by atoms with E-state index < -0.39 is 10.8 Å². The van der Waals surface area contributed by atoms with Crippen LogP contribution in [0.25, 0.3) is 0 Å². The van der Waals surface area contributed by atoms with Gasteiger partial charge in [0.1, 0.15) is 0 Å². The average Bonchev–Trinajstić information content (AvgIpc) is 2.22. The normalized spacial score (nSPS) is 12.0. The molecule has 1 unspecified atom stereocenters. The van der Waals surface area contributed by atoms with Crippen molar-refractivity contribution in [3.8, 4) is 6.07 Å². The van der Waals surface area contributed by atoms with E-state index in [1.54, 1.807) is 12.1 Å². The fourth-order valence-electron chi connectivity index (χ4n) is 1.27. The van der Waals surface area contributed by atoms with E-state index in [4.69, 9.17) is 11.0 Å². The smallest absolute Gasteiger partial charge is 0.0622 e. The Morgan fingerprint density at radius 3 is 2.93 bits per heavy atom. The Labute approximate surface area is 92.4 Å². The van der Waals surface area contributed by atoms with Crippen molar-refractivity contribution >= 4 is 16.5 Å². The highest BCUT2D eigenvalue weighted by Gasteiger charge is 2.08. The van der Waals surface area contributed by atoms with Gasteiger partial charge in [0.25, 0.3) is 0 Å². The van der Waals surface area contributed by atoms with Crippen molar-refractivity contribution in [1.29, 1.82) is 5.26 Å². The highest BCUT2D eigenvalue weighted by Crippen LogP contribution is 2.19. The molecule has 0 fully saturated rings. The molecule has 0 radical (unpaired) electrons.